The van der Waals surface area contributed by atoms with E-state index in [1.807, 2.05) is 0 Å². The average Bonchev–Trinajstić information content (AvgIpc) is 3.72. The van der Waals surface area contributed by atoms with Crippen LogP contribution in [-0.2, 0) is 11.4 Å². The van der Waals surface area contributed by atoms with Gasteiger partial charge < -0.3 is 34.6 Å². The number of methoxy groups -OCH3 is 2. The van der Waals surface area contributed by atoms with E-state index in [0.717, 1.165) is 18.9 Å². The zero-order valence-corrected chi connectivity index (χ0v) is 22.2. The molecule has 14 nitrogen and oxygen atoms in total. The number of carboxylic acids is 1. The molecule has 1 aliphatic carbocycles. The number of hydrogen-bond acceptors (Lipinski definition) is 11. The van der Waals surface area contributed by atoms with Crippen LogP contribution in [0.25, 0.3) is 11.0 Å². The van der Waals surface area contributed by atoms with Crippen molar-refractivity contribution in [1.29, 1.82) is 0 Å². The lowest BCUT2D eigenvalue weighted by molar-refractivity contribution is -0.386. The molecule has 1 aliphatic heterocycles. The largest absolute Gasteiger partial charge is 0.493 e. The Morgan fingerprint density at radius 2 is 1.98 bits per heavy atom. The number of hydrogen-bond donors (Lipinski definition) is 2. The number of nitrogens with zero attached hydrogens (tertiary/aromatic N) is 5. The summed E-state index contributed by atoms with van der Waals surface area (Å²) in [7, 11) is 2.77. The molecule has 2 aliphatic rings. The van der Waals surface area contributed by atoms with Gasteiger partial charge in [-0.05, 0) is 25.0 Å². The molecule has 2 aromatic heterocycles. The van der Waals surface area contributed by atoms with E-state index in [4.69, 9.17) is 20.0 Å². The number of nitrogens with two attached hydrogens (primary N) is 1. The lowest BCUT2D eigenvalue weighted by Crippen LogP contribution is -2.26. The van der Waals surface area contributed by atoms with E-state index in [1.165, 1.54) is 32.5 Å². The summed E-state index contributed by atoms with van der Waals surface area (Å²) in [6, 6.07) is 3.66. The summed E-state index contributed by atoms with van der Waals surface area (Å²) in [5, 5.41) is 25.1. The molecule has 1 saturated heterocycles. The number of oxime groups is 1. The Balaban J connectivity index is 1.43. The summed E-state index contributed by atoms with van der Waals surface area (Å²) in [6.45, 7) is 0.274. The van der Waals surface area contributed by atoms with Crippen LogP contribution in [0.1, 0.15) is 34.8 Å². The van der Waals surface area contributed by atoms with E-state index in [9.17, 15) is 24.8 Å². The molecule has 5 rings (SSSR count). The van der Waals surface area contributed by atoms with Crippen LogP contribution in [0.15, 0.2) is 34.3 Å². The maximum Gasteiger partial charge on any atom is 0.341 e. The van der Waals surface area contributed by atoms with Crippen molar-refractivity contribution >= 4 is 34.2 Å². The van der Waals surface area contributed by atoms with Crippen molar-refractivity contribution in [1.82, 2.24) is 9.55 Å². The maximum absolute atomic E-state index is 15.3. The number of rotatable bonds is 10. The van der Waals surface area contributed by atoms with Gasteiger partial charge in [0.25, 0.3) is 5.69 Å². The SMILES string of the molecule is COc1cc(CO/N=C2\CN(c3nc4c(cc3F)c(=O)c(C(=O)O)cn4C3CC3)CC2CN)c([N+](=O)[O-])cc1OC. The Labute approximate surface area is 231 Å². The maximum atomic E-state index is 15.3. The second-order valence-corrected chi connectivity index (χ2v) is 9.74. The lowest BCUT2D eigenvalue weighted by atomic mass is 10.1. The fraction of sp³-hybridized carbons (Fsp3) is 0.385. The van der Waals surface area contributed by atoms with Gasteiger partial charge in [-0.25, -0.2) is 14.2 Å². The van der Waals surface area contributed by atoms with Gasteiger partial charge in [-0.1, -0.05) is 5.16 Å². The van der Waals surface area contributed by atoms with Crippen molar-refractivity contribution in [2.75, 3.05) is 38.8 Å². The predicted molar refractivity (Wildman–Crippen MR) is 144 cm³/mol. The van der Waals surface area contributed by atoms with Gasteiger partial charge in [0.2, 0.25) is 5.43 Å². The van der Waals surface area contributed by atoms with Crippen LogP contribution in [0.4, 0.5) is 15.9 Å². The molecule has 1 unspecified atom stereocenters. The highest BCUT2D eigenvalue weighted by molar-refractivity contribution is 5.95. The van der Waals surface area contributed by atoms with Crippen molar-refractivity contribution in [3.8, 4) is 11.5 Å². The lowest BCUT2D eigenvalue weighted by Gasteiger charge is -2.19. The Morgan fingerprint density at radius 3 is 2.59 bits per heavy atom. The molecule has 216 valence electrons. The molecule has 1 atom stereocenters. The smallest absolute Gasteiger partial charge is 0.341 e. The van der Waals surface area contributed by atoms with Crippen LogP contribution in [0.3, 0.4) is 0 Å². The summed E-state index contributed by atoms with van der Waals surface area (Å²) in [4.78, 5) is 46.9. The molecule has 3 N–H and O–H groups in total. The number of ether oxygens (including phenoxy) is 2. The van der Waals surface area contributed by atoms with Crippen LogP contribution < -0.4 is 25.5 Å². The first kappa shape index (κ1) is 27.8. The number of aromatic nitrogens is 2. The second kappa shape index (κ2) is 11.0. The van der Waals surface area contributed by atoms with Crippen molar-refractivity contribution < 1.29 is 33.5 Å². The summed E-state index contributed by atoms with van der Waals surface area (Å²) in [6.07, 6.45) is 2.84. The number of pyridine rings is 2. The third-order valence-corrected chi connectivity index (χ3v) is 7.14. The molecule has 1 aromatic carbocycles. The normalized spacial score (nSPS) is 17.7. The number of carbonyl (C=O) groups is 1. The van der Waals surface area contributed by atoms with Gasteiger partial charge in [-0.2, -0.15) is 0 Å². The molecular weight excluding hydrogens is 543 g/mol. The Morgan fingerprint density at radius 1 is 1.27 bits per heavy atom. The number of benzene rings is 1. The van der Waals surface area contributed by atoms with Crippen LogP contribution in [0.5, 0.6) is 11.5 Å². The Bertz CT molecular complexity index is 1640. The van der Waals surface area contributed by atoms with E-state index in [2.05, 4.69) is 10.1 Å². The van der Waals surface area contributed by atoms with Crippen molar-refractivity contribution in [3.63, 3.8) is 0 Å². The minimum Gasteiger partial charge on any atom is -0.493 e. The second-order valence-electron chi connectivity index (χ2n) is 9.74. The number of nitro benzene ring substituents is 1. The molecule has 2 fully saturated rings. The standard InChI is InChI=1S/C26H27FN6O8/c1-39-21-5-13(20(33(37)38)7-22(21)40-2)12-41-30-19-11-31(9-14(19)8-28)25-18(27)6-16-23(34)17(26(35)36)10-32(15-3-4-15)24(16)29-25/h5-7,10,14-15H,3-4,8-9,11-12,28H2,1-2H3,(H,35,36)/b30-19+. The van der Waals surface area contributed by atoms with Crippen molar-refractivity contribution in [2.45, 2.75) is 25.5 Å². The Hall–Kier alpha value is -4.79. The quantitative estimate of drug-likeness (QED) is 0.269. The first-order valence-electron chi connectivity index (χ1n) is 12.7. The van der Waals surface area contributed by atoms with Gasteiger partial charge in [-0.15, -0.1) is 0 Å². The minimum atomic E-state index is -1.39. The molecule has 0 spiro atoms. The fourth-order valence-electron chi connectivity index (χ4n) is 4.86. The highest BCUT2D eigenvalue weighted by Crippen LogP contribution is 2.38. The molecule has 1 saturated carbocycles. The van der Waals surface area contributed by atoms with Gasteiger partial charge in [0.05, 0.1) is 48.4 Å². The number of aromatic carboxylic acids is 1. The zero-order valence-electron chi connectivity index (χ0n) is 22.2. The van der Waals surface area contributed by atoms with Crippen LogP contribution in [0, 0.1) is 21.8 Å². The first-order valence-corrected chi connectivity index (χ1v) is 12.7. The highest BCUT2D eigenvalue weighted by atomic mass is 19.1. The monoisotopic (exact) mass is 570 g/mol. The molecule has 3 heterocycles. The van der Waals surface area contributed by atoms with Gasteiger partial charge in [-0.3, -0.25) is 14.9 Å². The van der Waals surface area contributed by atoms with Crippen LogP contribution in [0.2, 0.25) is 0 Å². The van der Waals surface area contributed by atoms with Gasteiger partial charge >= 0.3 is 5.97 Å². The molecular formula is C26H27FN6O8. The molecule has 0 bridgehead atoms. The summed E-state index contributed by atoms with van der Waals surface area (Å²) >= 11 is 0. The van der Waals surface area contributed by atoms with E-state index in [1.54, 1.807) is 9.47 Å². The number of nitro groups is 1. The number of carboxylic acid groups (broad SMARTS) is 1. The summed E-state index contributed by atoms with van der Waals surface area (Å²) in [5.41, 5.74) is 5.36. The number of halogens is 1. The third kappa shape index (κ3) is 5.23. The topological polar surface area (TPSA) is 185 Å². The zero-order chi connectivity index (χ0) is 29.4. The Kier molecular flexibility index (Phi) is 7.45. The molecule has 0 amide bonds. The molecule has 3 aromatic rings. The van der Waals surface area contributed by atoms with Crippen LogP contribution in [-0.4, -0.2) is 65.1 Å². The summed E-state index contributed by atoms with van der Waals surface area (Å²) in [5.74, 6) is -2.06. The average molecular weight is 571 g/mol. The number of fused-ring (bicyclic) bond motifs is 1. The van der Waals surface area contributed by atoms with Gasteiger partial charge in [0.15, 0.2) is 23.1 Å². The molecule has 0 radical (unpaired) electrons. The van der Waals surface area contributed by atoms with Gasteiger partial charge in [0.1, 0.15) is 17.8 Å². The molecule has 41 heavy (non-hydrogen) atoms. The van der Waals surface area contributed by atoms with Crippen molar-refractivity contribution in [2.24, 2.45) is 16.8 Å². The fourth-order valence-corrected chi connectivity index (χ4v) is 4.86. The van der Waals surface area contributed by atoms with Gasteiger partial charge in [0, 0.05) is 31.2 Å². The summed E-state index contributed by atoms with van der Waals surface area (Å²) < 4.78 is 27.3. The van der Waals surface area contributed by atoms with E-state index >= 15 is 4.39 Å². The number of anilines is 1. The first-order chi connectivity index (χ1) is 19.7. The van der Waals surface area contributed by atoms with Crippen LogP contribution >= 0.6 is 0 Å². The van der Waals surface area contributed by atoms with Crippen molar-refractivity contribution in [3.05, 3.63) is 61.7 Å². The molecule has 15 heteroatoms. The highest BCUT2D eigenvalue weighted by Gasteiger charge is 2.33. The van der Waals surface area contributed by atoms with E-state index < -0.39 is 27.7 Å². The predicted octanol–water partition coefficient (Wildman–Crippen LogP) is 2.46. The third-order valence-electron chi connectivity index (χ3n) is 7.14. The minimum absolute atomic E-state index is 0.0245. The van der Waals surface area contributed by atoms with E-state index in [0.29, 0.717) is 5.71 Å². The van der Waals surface area contributed by atoms with E-state index in [-0.39, 0.29) is 77.8 Å².